The smallest absolute Gasteiger partial charge is 2.00 e. The van der Waals surface area contributed by atoms with Gasteiger partial charge in [-0.25, -0.2) is 0 Å². The second-order valence-electron chi connectivity index (χ2n) is 0.816. The molecular formula is BaO8SrW2. The second-order valence-corrected chi connectivity index (χ2v) is 6.68. The molecule has 0 aromatic rings. The minimum Gasteiger partial charge on any atom is 2.00 e. The van der Waals surface area contributed by atoms with Gasteiger partial charge in [0.15, 0.2) is 0 Å². The van der Waals surface area contributed by atoms with Crippen LogP contribution in [0.4, 0.5) is 0 Å². The molecule has 8 nitrogen and oxygen atoms in total. The first-order chi connectivity index (χ1) is 4.00. The van der Waals surface area contributed by atoms with Crippen LogP contribution in [0.1, 0.15) is 0 Å². The van der Waals surface area contributed by atoms with Crippen molar-refractivity contribution in [2.45, 2.75) is 0 Å². The third kappa shape index (κ3) is 174. The van der Waals surface area contributed by atoms with Gasteiger partial charge < -0.3 is 0 Å². The van der Waals surface area contributed by atoms with Gasteiger partial charge in [-0.3, -0.25) is 0 Å². The molecule has 0 aromatic heterocycles. The third-order valence-corrected chi connectivity index (χ3v) is 0. The normalized spacial score (nSPS) is 9.67. The molecule has 12 heteroatoms. The summed E-state index contributed by atoms with van der Waals surface area (Å²) < 4.78 is 69.2. The summed E-state index contributed by atoms with van der Waals surface area (Å²) in [6.45, 7) is 0. The summed E-state index contributed by atoms with van der Waals surface area (Å²) in [7, 11) is 0. The molecular weight excluding hydrogens is 721 g/mol. The number of hydrogen-bond acceptors (Lipinski definition) is 8. The Morgan fingerprint density at radius 1 is 0.667 bits per heavy atom. The van der Waals surface area contributed by atoms with E-state index in [4.69, 9.17) is 28.6 Å². The van der Waals surface area contributed by atoms with Crippen LogP contribution in [-0.2, 0) is 47.1 Å². The fourth-order valence-corrected chi connectivity index (χ4v) is 0. The third-order valence-electron chi connectivity index (χ3n) is 0. The minimum absolute atomic E-state index is 0. The summed E-state index contributed by atoms with van der Waals surface area (Å²) >= 11 is -12.3. The van der Waals surface area contributed by atoms with Gasteiger partial charge in [-0.2, -0.15) is 0 Å². The molecule has 0 atom stereocenters. The Balaban J connectivity index is -0.0000000457. The molecule has 0 saturated heterocycles. The van der Waals surface area contributed by atoms with E-state index >= 15 is 0 Å². The average Bonchev–Trinajstić information content (AvgIpc) is 1.12. The second kappa shape index (κ2) is 11.0. The van der Waals surface area contributed by atoms with E-state index in [-0.39, 0.29) is 94.4 Å². The van der Waals surface area contributed by atoms with Crippen LogP contribution in [0.15, 0.2) is 0 Å². The van der Waals surface area contributed by atoms with E-state index in [2.05, 4.69) is 0 Å². The molecule has 12 heavy (non-hydrogen) atoms. The quantitative estimate of drug-likeness (QED) is 0.224. The molecule has 0 unspecified atom stereocenters. The van der Waals surface area contributed by atoms with Crippen LogP contribution in [0.2, 0.25) is 0 Å². The van der Waals surface area contributed by atoms with E-state index in [0.717, 1.165) is 0 Å². The van der Waals surface area contributed by atoms with Crippen LogP contribution in [-0.4, -0.2) is 94.4 Å². The molecule has 0 aliphatic carbocycles. The van der Waals surface area contributed by atoms with E-state index in [1.165, 1.54) is 0 Å². The Kier molecular flexibility index (Phi) is 22.5. The maximum absolute atomic E-state index is 8.65. The van der Waals surface area contributed by atoms with Crippen LogP contribution in [0, 0.1) is 0 Å². The first-order valence-electron chi connectivity index (χ1n) is 1.33. The Hall–Kier alpha value is 3.47. The SMILES string of the molecule is [Ba+2].[O]=[W](=[O])([O-])[O-].[O]=[W](=[O])([O-])[O-].[Sr+2]. The summed E-state index contributed by atoms with van der Waals surface area (Å²) in [5.74, 6) is 0. The van der Waals surface area contributed by atoms with Crippen molar-refractivity contribution in [1.82, 2.24) is 0 Å². The molecule has 0 bridgehead atoms. The Morgan fingerprint density at radius 2 is 0.667 bits per heavy atom. The predicted molar refractivity (Wildman–Crippen MR) is 14.3 cm³/mol. The van der Waals surface area contributed by atoms with Gasteiger partial charge in [-0.1, -0.05) is 0 Å². The van der Waals surface area contributed by atoms with Crippen LogP contribution < -0.4 is 15.0 Å². The zero-order chi connectivity index (χ0) is 9.00. The number of rotatable bonds is 0. The number of hydrogen-bond donors (Lipinski definition) is 0. The molecule has 0 saturated carbocycles. The molecule has 0 amide bonds. The molecule has 0 aliphatic rings. The van der Waals surface area contributed by atoms with Crippen molar-refractivity contribution in [2.24, 2.45) is 0 Å². The Morgan fingerprint density at radius 3 is 0.667 bits per heavy atom. The summed E-state index contributed by atoms with van der Waals surface area (Å²) in [4.78, 5) is 0. The standard InChI is InChI=1S/Ba.8O.Sr.2W/q+2;;;;;4*-1;+2;;. The first-order valence-corrected chi connectivity index (χ1v) is 10.9. The summed E-state index contributed by atoms with van der Waals surface area (Å²) in [6, 6.07) is 0. The van der Waals surface area contributed by atoms with Crippen LogP contribution >= 0.6 is 0 Å². The molecule has 0 aliphatic heterocycles. The maximum atomic E-state index is 8.65. The van der Waals surface area contributed by atoms with Crippen molar-refractivity contribution >= 4 is 94.4 Å². The molecule has 0 spiro atoms. The molecule has 64 valence electrons. The van der Waals surface area contributed by atoms with Gasteiger partial charge in [0.05, 0.1) is 0 Å². The molecule has 0 radical (unpaired) electrons. The van der Waals surface area contributed by atoms with Gasteiger partial charge in [0, 0.05) is 0 Å². The first kappa shape index (κ1) is 24.6. The van der Waals surface area contributed by atoms with Crippen molar-refractivity contribution in [2.75, 3.05) is 0 Å². The van der Waals surface area contributed by atoms with E-state index in [0.29, 0.717) is 0 Å². The molecule has 0 fully saturated rings. The van der Waals surface area contributed by atoms with Gasteiger partial charge >= 0.3 is 156 Å². The molecule has 0 rings (SSSR count). The molecule has 0 N–H and O–H groups in total. The van der Waals surface area contributed by atoms with Gasteiger partial charge in [0.25, 0.3) is 0 Å². The van der Waals surface area contributed by atoms with Crippen molar-refractivity contribution < 1.29 is 62.1 Å². The zero-order valence-corrected chi connectivity index (χ0v) is 19.3. The van der Waals surface area contributed by atoms with E-state index in [1.54, 1.807) is 0 Å². The van der Waals surface area contributed by atoms with Crippen molar-refractivity contribution in [1.29, 1.82) is 0 Å². The predicted octanol–water partition coefficient (Wildman–Crippen LogP) is -6.00. The summed E-state index contributed by atoms with van der Waals surface area (Å²) in [6.07, 6.45) is 0. The van der Waals surface area contributed by atoms with Gasteiger partial charge in [0.2, 0.25) is 0 Å². The maximum Gasteiger partial charge on any atom is 2.00 e. The Labute approximate surface area is 152 Å². The van der Waals surface area contributed by atoms with Crippen LogP contribution in [0.25, 0.3) is 0 Å². The fourth-order valence-electron chi connectivity index (χ4n) is 0. The molecule has 0 heterocycles. The van der Waals surface area contributed by atoms with E-state index in [9.17, 15) is 0 Å². The van der Waals surface area contributed by atoms with Crippen molar-refractivity contribution in [3.8, 4) is 0 Å². The monoisotopic (exact) mass is 722 g/mol. The van der Waals surface area contributed by atoms with Gasteiger partial charge in [-0.15, -0.1) is 0 Å². The fraction of sp³-hybridized carbons (Fsp3) is 0. The average molecular weight is 721 g/mol. The Bertz CT molecular complexity index is 213. The molecule has 0 aromatic carbocycles. The van der Waals surface area contributed by atoms with Gasteiger partial charge in [-0.05, 0) is 0 Å². The van der Waals surface area contributed by atoms with Crippen molar-refractivity contribution in [3.05, 3.63) is 0 Å². The van der Waals surface area contributed by atoms with Gasteiger partial charge in [0.1, 0.15) is 0 Å². The van der Waals surface area contributed by atoms with E-state index < -0.39 is 33.5 Å². The summed E-state index contributed by atoms with van der Waals surface area (Å²) in [5.41, 5.74) is 0. The minimum atomic E-state index is -6.17. The van der Waals surface area contributed by atoms with Crippen LogP contribution in [0.3, 0.4) is 0 Å². The zero-order valence-electron chi connectivity index (χ0n) is 5.50. The van der Waals surface area contributed by atoms with Crippen molar-refractivity contribution in [3.63, 3.8) is 0 Å². The van der Waals surface area contributed by atoms with E-state index in [1.807, 2.05) is 0 Å². The topological polar surface area (TPSA) is 161 Å². The summed E-state index contributed by atoms with van der Waals surface area (Å²) in [5, 5.41) is 0. The van der Waals surface area contributed by atoms with Crippen LogP contribution in [0.5, 0.6) is 0 Å². The largest absolute Gasteiger partial charge is 2.00 e.